The van der Waals surface area contributed by atoms with Gasteiger partial charge in [0.2, 0.25) is 0 Å². The molecule has 2 rings (SSSR count). The number of rotatable bonds is 7. The molecule has 0 aliphatic carbocycles. The summed E-state index contributed by atoms with van der Waals surface area (Å²) in [6, 6.07) is 0. The van der Waals surface area contributed by atoms with Gasteiger partial charge in [0.05, 0.1) is 45.1 Å². The van der Waals surface area contributed by atoms with E-state index in [2.05, 4.69) is 0 Å². The Morgan fingerprint density at radius 3 is 1.92 bits per heavy atom. The van der Waals surface area contributed by atoms with Crippen molar-refractivity contribution in [1.29, 1.82) is 0 Å². The maximum atomic E-state index is 10.2. The lowest BCUT2D eigenvalue weighted by Gasteiger charge is -2.40. The topological polar surface area (TPSA) is 190 Å². The van der Waals surface area contributed by atoms with E-state index in [1.165, 1.54) is 0 Å². The van der Waals surface area contributed by atoms with Crippen molar-refractivity contribution >= 4 is 0 Å². The molecule has 2 saturated heterocycles. The first kappa shape index (κ1) is 20.9. The van der Waals surface area contributed by atoms with Crippen molar-refractivity contribution in [2.24, 2.45) is 5.92 Å². The highest BCUT2D eigenvalue weighted by Crippen LogP contribution is 2.34. The standard InChI is InChI=1S/C14H26O11/c15-1-7-11(19)13(21)12(20)9(24-7)4-23-3-6-10(18)8(2-16)25-14(6,22)5-17/h6-13,15-22H,1-5H2/t6?,7?,8-,9-,10-,11-,12?,13-,14+/m1/s1. The maximum Gasteiger partial charge on any atom is 0.197 e. The van der Waals surface area contributed by atoms with E-state index in [1.807, 2.05) is 0 Å². The van der Waals surface area contributed by atoms with Crippen molar-refractivity contribution in [2.75, 3.05) is 33.0 Å². The molecule has 0 spiro atoms. The third kappa shape index (κ3) is 4.12. The van der Waals surface area contributed by atoms with E-state index in [0.29, 0.717) is 0 Å². The van der Waals surface area contributed by atoms with Crippen LogP contribution in [0.5, 0.6) is 0 Å². The van der Waals surface area contributed by atoms with Gasteiger partial charge in [0.15, 0.2) is 5.79 Å². The zero-order valence-corrected chi connectivity index (χ0v) is 13.5. The highest BCUT2D eigenvalue weighted by atomic mass is 16.7. The highest BCUT2D eigenvalue weighted by Gasteiger charge is 2.53. The van der Waals surface area contributed by atoms with Crippen LogP contribution in [0.3, 0.4) is 0 Å². The maximum absolute atomic E-state index is 10.2. The van der Waals surface area contributed by atoms with Crippen LogP contribution in [0.1, 0.15) is 0 Å². The first-order chi connectivity index (χ1) is 11.8. The molecule has 148 valence electrons. The Balaban J connectivity index is 1.92. The molecule has 3 unspecified atom stereocenters. The van der Waals surface area contributed by atoms with Crippen LogP contribution in [0, 0.1) is 5.92 Å². The first-order valence-electron chi connectivity index (χ1n) is 7.97. The van der Waals surface area contributed by atoms with Crippen LogP contribution >= 0.6 is 0 Å². The molecule has 25 heavy (non-hydrogen) atoms. The Morgan fingerprint density at radius 1 is 0.760 bits per heavy atom. The van der Waals surface area contributed by atoms with Crippen molar-refractivity contribution < 1.29 is 55.1 Å². The van der Waals surface area contributed by atoms with Gasteiger partial charge in [0.1, 0.15) is 36.6 Å². The molecule has 8 N–H and O–H groups in total. The van der Waals surface area contributed by atoms with E-state index < -0.39 is 74.3 Å². The average Bonchev–Trinajstić information content (AvgIpc) is 2.86. The van der Waals surface area contributed by atoms with Crippen LogP contribution in [-0.4, -0.2) is 122 Å². The Morgan fingerprint density at radius 2 is 1.36 bits per heavy atom. The molecule has 2 aliphatic heterocycles. The smallest absolute Gasteiger partial charge is 0.197 e. The summed E-state index contributed by atoms with van der Waals surface area (Å²) in [5.74, 6) is -3.16. The Kier molecular flexibility index (Phi) is 7.09. The van der Waals surface area contributed by atoms with E-state index in [1.54, 1.807) is 0 Å². The van der Waals surface area contributed by atoms with Gasteiger partial charge in [0.25, 0.3) is 0 Å². The lowest BCUT2D eigenvalue weighted by Crippen LogP contribution is -2.59. The summed E-state index contributed by atoms with van der Waals surface area (Å²) in [5.41, 5.74) is 0. The van der Waals surface area contributed by atoms with Gasteiger partial charge in [-0.1, -0.05) is 0 Å². The zero-order valence-electron chi connectivity index (χ0n) is 13.5. The minimum absolute atomic E-state index is 0.282. The predicted octanol–water partition coefficient (Wildman–Crippen LogP) is -5.11. The van der Waals surface area contributed by atoms with E-state index >= 15 is 0 Å². The SMILES string of the molecule is OCC1O[C@H](COCC2[C@@H](O)[C@@H](CO)O[C@@]2(O)CO)C(O)[C@H](O)[C@@H]1O. The van der Waals surface area contributed by atoms with Gasteiger partial charge in [-0.15, -0.1) is 0 Å². The molecule has 0 aromatic rings. The molecule has 9 atom stereocenters. The number of ether oxygens (including phenoxy) is 3. The molecule has 0 radical (unpaired) electrons. The van der Waals surface area contributed by atoms with Gasteiger partial charge in [-0.25, -0.2) is 0 Å². The summed E-state index contributed by atoms with van der Waals surface area (Å²) < 4.78 is 15.6. The Hall–Kier alpha value is -0.440. The van der Waals surface area contributed by atoms with E-state index in [4.69, 9.17) is 24.4 Å². The third-order valence-electron chi connectivity index (χ3n) is 4.71. The second-order valence-corrected chi connectivity index (χ2v) is 6.34. The fraction of sp³-hybridized carbons (Fsp3) is 1.00. The normalized spacial score (nSPS) is 48.0. The van der Waals surface area contributed by atoms with Crippen molar-refractivity contribution in [3.05, 3.63) is 0 Å². The monoisotopic (exact) mass is 370 g/mol. The van der Waals surface area contributed by atoms with Crippen LogP contribution in [0.4, 0.5) is 0 Å². The first-order valence-corrected chi connectivity index (χ1v) is 7.97. The minimum atomic E-state index is -2.10. The van der Waals surface area contributed by atoms with Crippen molar-refractivity contribution in [1.82, 2.24) is 0 Å². The van der Waals surface area contributed by atoms with Crippen LogP contribution in [0.25, 0.3) is 0 Å². The molecule has 11 heteroatoms. The minimum Gasteiger partial charge on any atom is -0.394 e. The quantitative estimate of drug-likeness (QED) is 0.214. The van der Waals surface area contributed by atoms with Gasteiger partial charge in [0, 0.05) is 0 Å². The summed E-state index contributed by atoms with van der Waals surface area (Å²) in [7, 11) is 0. The molecule has 0 amide bonds. The average molecular weight is 370 g/mol. The number of aliphatic hydroxyl groups excluding tert-OH is 7. The Labute approximate surface area is 143 Å². The van der Waals surface area contributed by atoms with E-state index in [0.717, 1.165) is 0 Å². The van der Waals surface area contributed by atoms with Gasteiger partial charge in [-0.2, -0.15) is 0 Å². The molecule has 0 saturated carbocycles. The van der Waals surface area contributed by atoms with Crippen LogP contribution in [0.15, 0.2) is 0 Å². The third-order valence-corrected chi connectivity index (χ3v) is 4.71. The van der Waals surface area contributed by atoms with Gasteiger partial charge in [-0.3, -0.25) is 0 Å². The summed E-state index contributed by atoms with van der Waals surface area (Å²) in [6.07, 6.45) is -9.00. The second-order valence-electron chi connectivity index (χ2n) is 6.34. The summed E-state index contributed by atoms with van der Waals surface area (Å²) in [4.78, 5) is 0. The van der Waals surface area contributed by atoms with Crippen molar-refractivity contribution in [2.45, 2.75) is 48.5 Å². The molecule has 0 aromatic carbocycles. The second kappa shape index (κ2) is 8.50. The largest absolute Gasteiger partial charge is 0.394 e. The van der Waals surface area contributed by atoms with Gasteiger partial charge >= 0.3 is 0 Å². The van der Waals surface area contributed by atoms with Gasteiger partial charge in [-0.05, 0) is 0 Å². The highest BCUT2D eigenvalue weighted by molar-refractivity contribution is 4.95. The molecule has 0 bridgehead atoms. The summed E-state index contributed by atoms with van der Waals surface area (Å²) >= 11 is 0. The van der Waals surface area contributed by atoms with Crippen molar-refractivity contribution in [3.63, 3.8) is 0 Å². The number of aliphatic hydroxyl groups is 8. The molecule has 11 nitrogen and oxygen atoms in total. The zero-order chi connectivity index (χ0) is 18.8. The molecular formula is C14H26O11. The lowest BCUT2D eigenvalue weighted by molar-refractivity contribution is -0.251. The predicted molar refractivity (Wildman–Crippen MR) is 78.1 cm³/mol. The lowest BCUT2D eigenvalue weighted by atomic mass is 9.94. The molecule has 2 heterocycles. The van der Waals surface area contributed by atoms with E-state index in [-0.39, 0.29) is 13.2 Å². The van der Waals surface area contributed by atoms with Crippen molar-refractivity contribution in [3.8, 4) is 0 Å². The fourth-order valence-corrected chi connectivity index (χ4v) is 3.10. The molecule has 0 aromatic heterocycles. The summed E-state index contributed by atoms with van der Waals surface area (Å²) in [6.45, 7) is -2.54. The Bertz CT molecular complexity index is 422. The van der Waals surface area contributed by atoms with Crippen LogP contribution < -0.4 is 0 Å². The number of hydrogen-bond acceptors (Lipinski definition) is 11. The van der Waals surface area contributed by atoms with Gasteiger partial charge < -0.3 is 55.1 Å². The molecule has 2 aliphatic rings. The fourth-order valence-electron chi connectivity index (χ4n) is 3.10. The summed E-state index contributed by atoms with van der Waals surface area (Å²) in [5, 5.41) is 77.0. The molecule has 2 fully saturated rings. The number of hydrogen-bond donors (Lipinski definition) is 8. The van der Waals surface area contributed by atoms with Crippen LogP contribution in [0.2, 0.25) is 0 Å². The molecular weight excluding hydrogens is 344 g/mol. The van der Waals surface area contributed by atoms with Crippen LogP contribution in [-0.2, 0) is 14.2 Å². The van der Waals surface area contributed by atoms with E-state index in [9.17, 15) is 30.6 Å².